The van der Waals surface area contributed by atoms with E-state index < -0.39 is 11.9 Å². The maximum Gasteiger partial charge on any atom is 0.328 e. The van der Waals surface area contributed by atoms with Crippen LogP contribution in [0.5, 0.6) is 0 Å². The van der Waals surface area contributed by atoms with Gasteiger partial charge in [-0.1, -0.05) is 0 Å². The summed E-state index contributed by atoms with van der Waals surface area (Å²) in [4.78, 5) is 19.1. The van der Waals surface area contributed by atoms with E-state index in [1.165, 1.54) is 0 Å². The zero-order valence-corrected chi connectivity index (χ0v) is 8.09. The average Bonchev–Trinajstić information content (AvgIpc) is 2.17. The van der Waals surface area contributed by atoms with Gasteiger partial charge < -0.3 is 25.7 Å². The quantitative estimate of drug-likeness (QED) is 0.266. The number of hydrogen-bond donors (Lipinski definition) is 5. The number of aliphatic carboxylic acids is 2. The van der Waals surface area contributed by atoms with Crippen molar-refractivity contribution in [1.82, 2.24) is 5.32 Å². The number of carbonyl (C=O) groups is 2. The highest BCUT2D eigenvalue weighted by Gasteiger charge is 1.88. The Hall–Kier alpha value is -1.44. The summed E-state index contributed by atoms with van der Waals surface area (Å²) in [5.74, 6) is -2.51. The fourth-order valence-corrected chi connectivity index (χ4v) is 0.426. The molecular weight excluding hydrogens is 206 g/mol. The van der Waals surface area contributed by atoms with E-state index in [4.69, 9.17) is 20.4 Å². The number of hydrogen-bond acceptors (Lipinski definition) is 5. The summed E-state index contributed by atoms with van der Waals surface area (Å²) in [6.07, 6.45) is 1.12. The molecule has 0 rings (SSSR count). The molecule has 88 valence electrons. The van der Waals surface area contributed by atoms with Gasteiger partial charge in [-0.05, 0) is 0 Å². The Kier molecular flexibility index (Phi) is 13.4. The second kappa shape index (κ2) is 12.6. The predicted molar refractivity (Wildman–Crippen MR) is 51.5 cm³/mol. The zero-order valence-electron chi connectivity index (χ0n) is 8.09. The lowest BCUT2D eigenvalue weighted by atomic mass is 10.5. The van der Waals surface area contributed by atoms with Gasteiger partial charge in [0.15, 0.2) is 0 Å². The van der Waals surface area contributed by atoms with Crippen molar-refractivity contribution in [2.45, 2.75) is 0 Å². The summed E-state index contributed by atoms with van der Waals surface area (Å²) in [5.41, 5.74) is 0. The molecule has 0 spiro atoms. The fraction of sp³-hybridized carbons (Fsp3) is 0.500. The molecule has 0 fully saturated rings. The second-order valence-corrected chi connectivity index (χ2v) is 2.21. The Labute approximate surface area is 86.7 Å². The standard InChI is InChI=1S/C4H11NO2.C4H4O4/c6-3-1-5-2-4-7;5-3(6)1-2-4(7)8/h5-7H,1-4H2;1-2H,(H,5,6)(H,7,8). The summed E-state index contributed by atoms with van der Waals surface area (Å²) < 4.78 is 0. The van der Waals surface area contributed by atoms with Crippen molar-refractivity contribution >= 4 is 11.9 Å². The summed E-state index contributed by atoms with van der Waals surface area (Å²) in [7, 11) is 0. The van der Waals surface area contributed by atoms with E-state index in [9.17, 15) is 9.59 Å². The van der Waals surface area contributed by atoms with E-state index in [1.807, 2.05) is 0 Å². The van der Waals surface area contributed by atoms with Crippen LogP contribution in [0.3, 0.4) is 0 Å². The molecular formula is C8H15NO6. The van der Waals surface area contributed by atoms with E-state index in [0.29, 0.717) is 25.2 Å². The monoisotopic (exact) mass is 221 g/mol. The molecule has 0 saturated carbocycles. The molecule has 0 bridgehead atoms. The van der Waals surface area contributed by atoms with Crippen molar-refractivity contribution in [1.29, 1.82) is 0 Å². The van der Waals surface area contributed by atoms with Gasteiger partial charge in [-0.15, -0.1) is 0 Å². The van der Waals surface area contributed by atoms with Crippen LogP contribution in [0.4, 0.5) is 0 Å². The second-order valence-electron chi connectivity index (χ2n) is 2.21. The fourth-order valence-electron chi connectivity index (χ4n) is 0.426. The Bertz CT molecular complexity index is 183. The summed E-state index contributed by atoms with van der Waals surface area (Å²) in [5, 5.41) is 34.7. The maximum atomic E-state index is 9.55. The van der Waals surface area contributed by atoms with Gasteiger partial charge in [0.2, 0.25) is 0 Å². The molecule has 15 heavy (non-hydrogen) atoms. The molecule has 0 aliphatic rings. The molecule has 0 saturated heterocycles. The van der Waals surface area contributed by atoms with E-state index in [-0.39, 0.29) is 13.2 Å². The van der Waals surface area contributed by atoms with Gasteiger partial charge in [-0.2, -0.15) is 0 Å². The molecule has 7 nitrogen and oxygen atoms in total. The SMILES string of the molecule is O=C(O)C=CC(=O)O.OCCNCCO. The first-order valence-corrected chi connectivity index (χ1v) is 4.11. The minimum atomic E-state index is -1.26. The highest BCUT2D eigenvalue weighted by molar-refractivity contribution is 5.89. The van der Waals surface area contributed by atoms with Crippen LogP contribution in [0.1, 0.15) is 0 Å². The molecule has 5 N–H and O–H groups in total. The van der Waals surface area contributed by atoms with Crippen LogP contribution in [0.15, 0.2) is 12.2 Å². The van der Waals surface area contributed by atoms with Crippen LogP contribution < -0.4 is 5.32 Å². The van der Waals surface area contributed by atoms with Gasteiger partial charge in [0.05, 0.1) is 13.2 Å². The smallest absolute Gasteiger partial charge is 0.328 e. The largest absolute Gasteiger partial charge is 0.478 e. The number of rotatable bonds is 6. The van der Waals surface area contributed by atoms with Gasteiger partial charge in [-0.3, -0.25) is 0 Å². The third-order valence-electron chi connectivity index (χ3n) is 0.946. The third-order valence-corrected chi connectivity index (χ3v) is 0.946. The highest BCUT2D eigenvalue weighted by atomic mass is 16.4. The molecule has 0 radical (unpaired) electrons. The van der Waals surface area contributed by atoms with Crippen molar-refractivity contribution in [3.8, 4) is 0 Å². The van der Waals surface area contributed by atoms with Crippen molar-refractivity contribution in [2.75, 3.05) is 26.3 Å². The molecule has 0 aromatic carbocycles. The number of carboxylic acid groups (broad SMARTS) is 2. The van der Waals surface area contributed by atoms with Crippen LogP contribution in [0.2, 0.25) is 0 Å². The first-order chi connectivity index (χ1) is 7.04. The minimum Gasteiger partial charge on any atom is -0.478 e. The number of carboxylic acids is 2. The molecule has 7 heteroatoms. The van der Waals surface area contributed by atoms with Gasteiger partial charge in [0.25, 0.3) is 0 Å². The molecule has 0 amide bonds. The Morgan fingerprint density at radius 3 is 1.47 bits per heavy atom. The molecule has 0 aromatic rings. The van der Waals surface area contributed by atoms with Crippen LogP contribution in [-0.2, 0) is 9.59 Å². The van der Waals surface area contributed by atoms with E-state index >= 15 is 0 Å². The molecule has 0 aliphatic heterocycles. The Morgan fingerprint density at radius 1 is 0.933 bits per heavy atom. The highest BCUT2D eigenvalue weighted by Crippen LogP contribution is 1.70. The Morgan fingerprint density at radius 2 is 1.27 bits per heavy atom. The lowest BCUT2D eigenvalue weighted by Gasteiger charge is -1.94. The first kappa shape index (κ1) is 16.0. The lowest BCUT2D eigenvalue weighted by molar-refractivity contribution is -0.134. The first-order valence-electron chi connectivity index (χ1n) is 4.11. The van der Waals surface area contributed by atoms with E-state index in [0.717, 1.165) is 0 Å². The lowest BCUT2D eigenvalue weighted by Crippen LogP contribution is -2.21. The maximum absolute atomic E-state index is 9.55. The van der Waals surface area contributed by atoms with Crippen molar-refractivity contribution in [3.63, 3.8) is 0 Å². The average molecular weight is 221 g/mol. The van der Waals surface area contributed by atoms with Gasteiger partial charge in [0.1, 0.15) is 0 Å². The molecule has 0 atom stereocenters. The molecule has 0 heterocycles. The van der Waals surface area contributed by atoms with E-state index in [2.05, 4.69) is 5.32 Å². The minimum absolute atomic E-state index is 0.139. The van der Waals surface area contributed by atoms with Gasteiger partial charge >= 0.3 is 11.9 Å². The van der Waals surface area contributed by atoms with Crippen molar-refractivity contribution in [3.05, 3.63) is 12.2 Å². The number of aliphatic hydroxyl groups is 2. The zero-order chi connectivity index (χ0) is 12.1. The van der Waals surface area contributed by atoms with E-state index in [1.54, 1.807) is 0 Å². The van der Waals surface area contributed by atoms with Crippen LogP contribution in [0.25, 0.3) is 0 Å². The normalized spacial score (nSPS) is 9.47. The summed E-state index contributed by atoms with van der Waals surface area (Å²) in [6, 6.07) is 0. The molecule has 0 aliphatic carbocycles. The van der Waals surface area contributed by atoms with Crippen molar-refractivity contribution < 1.29 is 30.0 Å². The van der Waals surface area contributed by atoms with Crippen molar-refractivity contribution in [2.24, 2.45) is 0 Å². The summed E-state index contributed by atoms with van der Waals surface area (Å²) in [6.45, 7) is 1.42. The third kappa shape index (κ3) is 24.5. The molecule has 0 aromatic heterocycles. The van der Waals surface area contributed by atoms with Crippen LogP contribution in [-0.4, -0.2) is 58.7 Å². The summed E-state index contributed by atoms with van der Waals surface area (Å²) >= 11 is 0. The molecule has 0 unspecified atom stereocenters. The van der Waals surface area contributed by atoms with Crippen LogP contribution >= 0.6 is 0 Å². The van der Waals surface area contributed by atoms with Gasteiger partial charge in [0, 0.05) is 25.2 Å². The topological polar surface area (TPSA) is 127 Å². The van der Waals surface area contributed by atoms with Crippen LogP contribution in [0, 0.1) is 0 Å². The number of nitrogens with one attached hydrogen (secondary N) is 1. The Balaban J connectivity index is 0. The predicted octanol–water partition coefficient (Wildman–Crippen LogP) is -1.73. The number of aliphatic hydroxyl groups excluding tert-OH is 2. The van der Waals surface area contributed by atoms with Gasteiger partial charge in [-0.25, -0.2) is 9.59 Å².